The molecule has 0 amide bonds. The Bertz CT molecular complexity index is 1100. The average molecular weight is 591 g/mol. The minimum atomic E-state index is -0.826. The van der Waals surface area contributed by atoms with Gasteiger partial charge in [0.2, 0.25) is 0 Å². The first-order chi connectivity index (χ1) is 16.9. The molecule has 0 heterocycles. The van der Waals surface area contributed by atoms with Crippen molar-refractivity contribution in [3.63, 3.8) is 0 Å². The predicted octanol–water partition coefficient (Wildman–Crippen LogP) is 7.78. The first kappa shape index (κ1) is 27.6. The van der Waals surface area contributed by atoms with Crippen LogP contribution < -0.4 is 0 Å². The van der Waals surface area contributed by atoms with Crippen molar-refractivity contribution in [1.82, 2.24) is 0 Å². The number of rotatable bonds is 6. The molecule has 4 rings (SSSR count). The van der Waals surface area contributed by atoms with Crippen LogP contribution in [-0.2, 0) is 26.3 Å². The molecule has 1 N–H and O–H groups in total. The molecule has 8 heteroatoms. The number of non-ortho nitro benzene ring substituents is 1. The number of aromatic hydroxyl groups is 1. The van der Waals surface area contributed by atoms with Crippen molar-refractivity contribution in [2.45, 2.75) is 50.5 Å². The maximum atomic E-state index is 11.8. The molecule has 1 saturated carbocycles. The SMILES string of the molecule is CC(c1ccccc1)(c1ccccc1)c1cc([N+](=O)[O-])cc(C=NC2CCCCC2)c1O.[Cl][Zr][Cl]. The fourth-order valence-electron chi connectivity index (χ4n) is 4.66. The second-order valence-electron chi connectivity index (χ2n) is 8.69. The number of nitrogens with zero attached hydrogens (tertiary/aromatic N) is 2. The zero-order valence-electron chi connectivity index (χ0n) is 19.5. The number of benzene rings is 3. The topological polar surface area (TPSA) is 75.7 Å². The number of hydrogen-bond donors (Lipinski definition) is 1. The normalized spacial score (nSPS) is 14.3. The van der Waals surface area contributed by atoms with Gasteiger partial charge >= 0.3 is 37.9 Å². The third kappa shape index (κ3) is 6.81. The van der Waals surface area contributed by atoms with E-state index >= 15 is 0 Å². The summed E-state index contributed by atoms with van der Waals surface area (Å²) < 4.78 is 0. The molecule has 0 spiro atoms. The van der Waals surface area contributed by atoms with Crippen molar-refractivity contribution >= 4 is 28.9 Å². The van der Waals surface area contributed by atoms with E-state index < -0.39 is 31.2 Å². The first-order valence-electron chi connectivity index (χ1n) is 11.5. The molecule has 0 unspecified atom stereocenters. The summed E-state index contributed by atoms with van der Waals surface area (Å²) in [5.74, 6) is 0.0327. The number of phenols is 1. The molecule has 0 bridgehead atoms. The monoisotopic (exact) mass is 588 g/mol. The Morgan fingerprint density at radius 2 is 1.51 bits per heavy atom. The molecule has 0 atom stereocenters. The van der Waals surface area contributed by atoms with Crippen molar-refractivity contribution < 1.29 is 30.9 Å². The summed E-state index contributed by atoms with van der Waals surface area (Å²) in [5.41, 5.74) is 1.92. The molecule has 1 aliphatic carbocycles. The Kier molecular flexibility index (Phi) is 10.5. The van der Waals surface area contributed by atoms with Crippen LogP contribution in [0.25, 0.3) is 0 Å². The number of hydrogen-bond acceptors (Lipinski definition) is 4. The molecular formula is C27H28Cl2N2O3Zr. The third-order valence-electron chi connectivity index (χ3n) is 6.58. The van der Waals surface area contributed by atoms with Crippen LogP contribution in [0, 0.1) is 10.1 Å². The van der Waals surface area contributed by atoms with E-state index in [9.17, 15) is 15.2 Å². The molecular weight excluding hydrogens is 562 g/mol. The van der Waals surface area contributed by atoms with E-state index in [1.165, 1.54) is 18.6 Å². The molecule has 1 aliphatic rings. The zero-order chi connectivity index (χ0) is 25.3. The molecule has 0 radical (unpaired) electrons. The van der Waals surface area contributed by atoms with Crippen molar-refractivity contribution in [3.05, 3.63) is 105 Å². The molecule has 5 nitrogen and oxygen atoms in total. The van der Waals surface area contributed by atoms with Gasteiger partial charge in [0.1, 0.15) is 5.75 Å². The van der Waals surface area contributed by atoms with Crippen LogP contribution in [-0.4, -0.2) is 22.3 Å². The van der Waals surface area contributed by atoms with Gasteiger partial charge in [-0.05, 0) is 30.9 Å². The van der Waals surface area contributed by atoms with E-state index in [0.717, 1.165) is 36.8 Å². The van der Waals surface area contributed by atoms with Gasteiger partial charge in [0, 0.05) is 40.9 Å². The van der Waals surface area contributed by atoms with Crippen LogP contribution >= 0.6 is 17.0 Å². The Balaban J connectivity index is 0.00000108. The van der Waals surface area contributed by atoms with E-state index in [0.29, 0.717) is 11.1 Å². The van der Waals surface area contributed by atoms with Gasteiger partial charge in [-0.2, -0.15) is 0 Å². The Morgan fingerprint density at radius 1 is 1.00 bits per heavy atom. The summed E-state index contributed by atoms with van der Waals surface area (Å²) in [6.45, 7) is 2.00. The van der Waals surface area contributed by atoms with Crippen LogP contribution in [0.2, 0.25) is 0 Å². The molecule has 182 valence electrons. The predicted molar refractivity (Wildman–Crippen MR) is 139 cm³/mol. The molecule has 1 fully saturated rings. The summed E-state index contributed by atoms with van der Waals surface area (Å²) in [7, 11) is 9.87. The van der Waals surface area contributed by atoms with Gasteiger partial charge in [-0.25, -0.2) is 0 Å². The number of halogens is 2. The van der Waals surface area contributed by atoms with Crippen molar-refractivity contribution in [1.29, 1.82) is 0 Å². The molecule has 0 aromatic heterocycles. The van der Waals surface area contributed by atoms with E-state index in [1.807, 2.05) is 67.6 Å². The minimum absolute atomic E-state index is 0.0327. The van der Waals surface area contributed by atoms with E-state index in [4.69, 9.17) is 17.0 Å². The summed E-state index contributed by atoms with van der Waals surface area (Å²) in [6, 6.07) is 22.7. The van der Waals surface area contributed by atoms with E-state index in [1.54, 1.807) is 6.21 Å². The average Bonchev–Trinajstić information content (AvgIpc) is 2.89. The van der Waals surface area contributed by atoms with Crippen LogP contribution in [0.1, 0.15) is 61.3 Å². The van der Waals surface area contributed by atoms with Crippen molar-refractivity contribution in [2.75, 3.05) is 0 Å². The fraction of sp³-hybridized carbons (Fsp3) is 0.296. The Morgan fingerprint density at radius 3 is 2.00 bits per heavy atom. The third-order valence-corrected chi connectivity index (χ3v) is 6.58. The number of phenolic OH excluding ortho intramolecular Hbond substituents is 1. The Labute approximate surface area is 225 Å². The Hall–Kier alpha value is -2.01. The van der Waals surface area contributed by atoms with Gasteiger partial charge in [0.15, 0.2) is 0 Å². The van der Waals surface area contributed by atoms with Gasteiger partial charge in [-0.3, -0.25) is 15.1 Å². The van der Waals surface area contributed by atoms with Crippen molar-refractivity contribution in [3.8, 4) is 5.75 Å². The quantitative estimate of drug-likeness (QED) is 0.138. The molecule has 0 saturated heterocycles. The zero-order valence-corrected chi connectivity index (χ0v) is 23.5. The molecule has 3 aromatic rings. The van der Waals surface area contributed by atoms with Gasteiger partial charge in [0.25, 0.3) is 5.69 Å². The summed E-state index contributed by atoms with van der Waals surface area (Å²) in [4.78, 5) is 16.1. The van der Waals surface area contributed by atoms with Crippen molar-refractivity contribution in [2.24, 2.45) is 4.99 Å². The van der Waals surface area contributed by atoms with Gasteiger partial charge in [-0.15, -0.1) is 0 Å². The number of nitro benzene ring substituents is 1. The molecule has 3 aromatic carbocycles. The van der Waals surface area contributed by atoms with Crippen LogP contribution in [0.4, 0.5) is 5.69 Å². The van der Waals surface area contributed by atoms with Gasteiger partial charge in [0.05, 0.1) is 4.92 Å². The van der Waals surface area contributed by atoms with Gasteiger partial charge < -0.3 is 5.11 Å². The molecule has 0 aliphatic heterocycles. The van der Waals surface area contributed by atoms with Gasteiger partial charge in [-0.1, -0.05) is 79.9 Å². The molecule has 35 heavy (non-hydrogen) atoms. The van der Waals surface area contributed by atoms with Crippen LogP contribution in [0.15, 0.2) is 77.8 Å². The standard InChI is InChI=1S/C27H28N2O3.2ClH.Zr/c1-27(21-11-5-2-6-12-21,22-13-7-3-8-14-22)25-18-24(29(31)32)17-20(26(25)30)19-28-23-15-9-4-10-16-23;;;/h2-3,5-8,11-14,17-19,23,30H,4,9-10,15-16H2,1H3;2*1H;/q;;;+2/p-2. The second-order valence-corrected chi connectivity index (χ2v) is 12.4. The second kappa shape index (κ2) is 13.3. The summed E-state index contributed by atoms with van der Waals surface area (Å²) in [6.07, 6.45) is 7.18. The maximum absolute atomic E-state index is 11.8. The number of nitro groups is 1. The van der Waals surface area contributed by atoms with Crippen LogP contribution in [0.5, 0.6) is 5.75 Å². The summed E-state index contributed by atoms with van der Waals surface area (Å²) >= 11 is -0.826. The fourth-order valence-corrected chi connectivity index (χ4v) is 4.66. The van der Waals surface area contributed by atoms with Crippen LogP contribution in [0.3, 0.4) is 0 Å². The van der Waals surface area contributed by atoms with E-state index in [-0.39, 0.29) is 17.5 Å². The number of aliphatic imine (C=N–C) groups is 1. The first-order valence-corrected chi connectivity index (χ1v) is 17.9. The van der Waals surface area contributed by atoms with E-state index in [2.05, 4.69) is 4.99 Å². The summed E-state index contributed by atoms with van der Waals surface area (Å²) in [5, 5.41) is 23.2.